The summed E-state index contributed by atoms with van der Waals surface area (Å²) in [5, 5.41) is 24.7. The lowest BCUT2D eigenvalue weighted by molar-refractivity contribution is -0.123. The van der Waals surface area contributed by atoms with Crippen molar-refractivity contribution in [2.45, 2.75) is 94.0 Å². The lowest BCUT2D eigenvalue weighted by Gasteiger charge is -2.19. The van der Waals surface area contributed by atoms with E-state index in [2.05, 4.69) is 27.5 Å². The maximum atomic E-state index is 13.5. The average molecular weight is 692 g/mol. The van der Waals surface area contributed by atoms with Crippen LogP contribution in [-0.4, -0.2) is 45.3 Å². The van der Waals surface area contributed by atoms with E-state index in [4.69, 9.17) is 16.3 Å². The second-order valence-electron chi connectivity index (χ2n) is 12.0. The molecule has 1 unspecified atom stereocenters. The number of phenolic OH excluding ortho intramolecular Hbond substituents is 1. The first-order valence-electron chi connectivity index (χ1n) is 16.4. The summed E-state index contributed by atoms with van der Waals surface area (Å²) in [6, 6.07) is 19.0. The minimum absolute atomic E-state index is 0.0136. The largest absolute Gasteiger partial charge is 0.508 e. The smallest absolute Gasteiger partial charge is 0.265 e. The molecule has 2 aromatic heterocycles. The van der Waals surface area contributed by atoms with Crippen LogP contribution in [0.5, 0.6) is 11.5 Å². The molecule has 3 N–H and O–H groups in total. The highest BCUT2D eigenvalue weighted by Crippen LogP contribution is 2.26. The Morgan fingerprint density at radius 3 is 2.15 bits per heavy atom. The van der Waals surface area contributed by atoms with Gasteiger partial charge in [-0.15, -0.1) is 10.2 Å². The van der Waals surface area contributed by atoms with Crippen molar-refractivity contribution in [1.29, 1.82) is 0 Å². The summed E-state index contributed by atoms with van der Waals surface area (Å²) >= 11 is 6.29. The maximum absolute atomic E-state index is 13.5. The van der Waals surface area contributed by atoms with E-state index in [1.165, 1.54) is 68.5 Å². The summed E-state index contributed by atoms with van der Waals surface area (Å²) in [5.41, 5.74) is 3.03. The number of nitrogens with zero attached hydrogens (tertiary/aromatic N) is 3. The Hall–Kier alpha value is -4.35. The summed E-state index contributed by atoms with van der Waals surface area (Å²) in [4.78, 5) is 13.7. The molecule has 0 saturated carbocycles. The van der Waals surface area contributed by atoms with Gasteiger partial charge in [0.05, 0.1) is 15.5 Å². The first-order chi connectivity index (χ1) is 23.2. The number of amides is 1. The highest BCUT2D eigenvalue weighted by molar-refractivity contribution is 7.91. The van der Waals surface area contributed by atoms with Crippen molar-refractivity contribution in [2.75, 3.05) is 5.32 Å². The van der Waals surface area contributed by atoms with Crippen molar-refractivity contribution < 1.29 is 23.1 Å². The fourth-order valence-electron chi connectivity index (χ4n) is 5.52. The third-order valence-electron chi connectivity index (χ3n) is 8.29. The van der Waals surface area contributed by atoms with E-state index in [9.17, 15) is 18.3 Å². The minimum Gasteiger partial charge on any atom is -0.508 e. The number of hydrogen-bond acceptors (Lipinski definition) is 7. The van der Waals surface area contributed by atoms with E-state index in [0.29, 0.717) is 34.9 Å². The number of aromatic amines is 1. The molecule has 0 saturated heterocycles. The molecule has 0 radical (unpaired) electrons. The highest BCUT2D eigenvalue weighted by atomic mass is 35.5. The Kier molecular flexibility index (Phi) is 11.8. The van der Waals surface area contributed by atoms with Crippen LogP contribution in [0.25, 0.3) is 5.65 Å². The van der Waals surface area contributed by atoms with Crippen molar-refractivity contribution in [3.05, 3.63) is 94.9 Å². The number of aromatic hydroxyl groups is 1. The van der Waals surface area contributed by atoms with Crippen LogP contribution in [-0.2, 0) is 21.1 Å². The molecule has 5 aromatic rings. The molecule has 0 fully saturated rings. The number of sulfone groups is 1. The summed E-state index contributed by atoms with van der Waals surface area (Å²) in [6.45, 7) is 4.08. The zero-order valence-corrected chi connectivity index (χ0v) is 28.9. The van der Waals surface area contributed by atoms with Crippen LogP contribution in [0.2, 0.25) is 5.02 Å². The number of carbonyl (C=O) groups excluding carboxylic acids is 1. The first kappa shape index (κ1) is 35.0. The zero-order valence-electron chi connectivity index (χ0n) is 27.3. The van der Waals surface area contributed by atoms with Gasteiger partial charge in [-0.25, -0.2) is 12.9 Å². The van der Waals surface area contributed by atoms with Gasteiger partial charge in [0, 0.05) is 12.1 Å². The van der Waals surface area contributed by atoms with Crippen LogP contribution in [0.3, 0.4) is 0 Å². The molecule has 0 aliphatic rings. The third-order valence-corrected chi connectivity index (χ3v) is 10.5. The number of unbranched alkanes of at least 4 members (excludes halogenated alkanes) is 7. The Bertz CT molecular complexity index is 1900. The van der Waals surface area contributed by atoms with E-state index in [1.54, 1.807) is 16.6 Å². The number of rotatable bonds is 17. The predicted octanol–water partition coefficient (Wildman–Crippen LogP) is 8.07. The molecule has 0 bridgehead atoms. The molecule has 2 heterocycles. The lowest BCUT2D eigenvalue weighted by Crippen LogP contribution is -2.33. The van der Waals surface area contributed by atoms with Crippen molar-refractivity contribution in [2.24, 2.45) is 0 Å². The zero-order chi connectivity index (χ0) is 34.1. The summed E-state index contributed by atoms with van der Waals surface area (Å²) in [6.07, 6.45) is 9.35. The molecule has 10 nitrogen and oxygen atoms in total. The number of anilines is 1. The Morgan fingerprint density at radius 1 is 0.896 bits per heavy atom. The molecule has 12 heteroatoms. The molecule has 1 atom stereocenters. The number of aromatic nitrogens is 4. The van der Waals surface area contributed by atoms with Crippen LogP contribution < -0.4 is 10.1 Å². The fourth-order valence-corrected chi connectivity index (χ4v) is 6.94. The average Bonchev–Trinajstić information content (AvgIpc) is 3.60. The number of nitrogens with one attached hydrogen (secondary N) is 2. The standard InChI is InChI=1S/C36H42ClN5O5S/c1-3-4-5-6-7-8-9-10-11-32(47-29-18-22-31(23-19-29)48(45,46)30-20-16-28(43)17-21-30)36(44)38-27-14-12-26(13-15-27)24-33-39-40-35-34(37)25(2)41-42(33)35/h12-23,32,41,43H,3-11,24H2,1-2H3,(H,38,44). The third kappa shape index (κ3) is 8.76. The van der Waals surface area contributed by atoms with E-state index in [1.807, 2.05) is 31.2 Å². The lowest BCUT2D eigenvalue weighted by atomic mass is 10.0. The predicted molar refractivity (Wildman–Crippen MR) is 187 cm³/mol. The summed E-state index contributed by atoms with van der Waals surface area (Å²) in [7, 11) is -3.78. The van der Waals surface area contributed by atoms with Crippen LogP contribution in [0.15, 0.2) is 82.6 Å². The van der Waals surface area contributed by atoms with E-state index in [0.717, 1.165) is 36.3 Å². The number of phenols is 1. The number of ether oxygens (including phenoxy) is 1. The van der Waals surface area contributed by atoms with Crippen LogP contribution >= 0.6 is 11.6 Å². The molecule has 0 aliphatic carbocycles. The van der Waals surface area contributed by atoms with Crippen LogP contribution in [0, 0.1) is 6.92 Å². The van der Waals surface area contributed by atoms with E-state index >= 15 is 0 Å². The normalized spacial score (nSPS) is 12.3. The number of halogens is 1. The minimum atomic E-state index is -3.78. The molecule has 0 spiro atoms. The SMILES string of the molecule is CCCCCCCCCCC(Oc1ccc(S(=O)(=O)c2ccc(O)cc2)cc1)C(=O)Nc1ccc(Cc2nnc3c(Cl)c(C)[nH]n23)cc1. The van der Waals surface area contributed by atoms with Gasteiger partial charge >= 0.3 is 0 Å². The van der Waals surface area contributed by atoms with Crippen molar-refractivity contribution in [3.63, 3.8) is 0 Å². The Balaban J connectivity index is 1.23. The van der Waals surface area contributed by atoms with Gasteiger partial charge in [0.25, 0.3) is 5.91 Å². The van der Waals surface area contributed by atoms with Crippen molar-refractivity contribution in [1.82, 2.24) is 19.8 Å². The topological polar surface area (TPSA) is 139 Å². The number of benzene rings is 3. The monoisotopic (exact) mass is 691 g/mol. The van der Waals surface area contributed by atoms with Gasteiger partial charge in [0.2, 0.25) is 9.84 Å². The van der Waals surface area contributed by atoms with Crippen molar-refractivity contribution >= 4 is 38.7 Å². The van der Waals surface area contributed by atoms with Gasteiger partial charge in [-0.1, -0.05) is 75.6 Å². The molecule has 5 rings (SSSR count). The second kappa shape index (κ2) is 16.2. The molecule has 1 amide bonds. The van der Waals surface area contributed by atoms with Gasteiger partial charge in [-0.05, 0) is 86.0 Å². The fraction of sp³-hybridized carbons (Fsp3) is 0.361. The Labute approximate surface area is 286 Å². The summed E-state index contributed by atoms with van der Waals surface area (Å²) < 4.78 is 34.1. The number of fused-ring (bicyclic) bond motifs is 1. The molecule has 3 aromatic carbocycles. The number of H-pyrrole nitrogens is 1. The van der Waals surface area contributed by atoms with Crippen LogP contribution in [0.4, 0.5) is 5.69 Å². The maximum Gasteiger partial charge on any atom is 0.265 e. The summed E-state index contributed by atoms with van der Waals surface area (Å²) in [5.74, 6) is 0.828. The second-order valence-corrected chi connectivity index (χ2v) is 14.4. The van der Waals surface area contributed by atoms with Gasteiger partial charge < -0.3 is 15.2 Å². The number of hydrogen-bond donors (Lipinski definition) is 3. The Morgan fingerprint density at radius 2 is 1.50 bits per heavy atom. The van der Waals surface area contributed by atoms with Gasteiger partial charge in [-0.3, -0.25) is 9.89 Å². The molecule has 0 aliphatic heterocycles. The molecule has 254 valence electrons. The van der Waals surface area contributed by atoms with Crippen LogP contribution in [0.1, 0.15) is 81.8 Å². The molecular formula is C36H42ClN5O5S. The highest BCUT2D eigenvalue weighted by Gasteiger charge is 2.22. The first-order valence-corrected chi connectivity index (χ1v) is 18.3. The number of carbonyl (C=O) groups is 1. The van der Waals surface area contributed by atoms with E-state index in [-0.39, 0.29) is 21.4 Å². The molecule has 48 heavy (non-hydrogen) atoms. The van der Waals surface area contributed by atoms with Gasteiger partial charge in [0.1, 0.15) is 16.5 Å². The van der Waals surface area contributed by atoms with E-state index < -0.39 is 15.9 Å². The number of aryl methyl sites for hydroxylation is 1. The quantitative estimate of drug-likeness (QED) is 0.0838. The molecular weight excluding hydrogens is 650 g/mol. The van der Waals surface area contributed by atoms with Gasteiger partial charge in [0.15, 0.2) is 17.6 Å². The van der Waals surface area contributed by atoms with Crippen molar-refractivity contribution in [3.8, 4) is 11.5 Å². The van der Waals surface area contributed by atoms with Gasteiger partial charge in [-0.2, -0.15) is 0 Å².